The normalized spacial score (nSPS) is 12.9. The van der Waals surface area contributed by atoms with Gasteiger partial charge < -0.3 is 10.2 Å². The van der Waals surface area contributed by atoms with Crippen LogP contribution in [0.25, 0.3) is 0 Å². The molecule has 178 valence electrons. The highest BCUT2D eigenvalue weighted by Crippen LogP contribution is 2.27. The summed E-state index contributed by atoms with van der Waals surface area (Å²) in [7, 11) is -3.95. The van der Waals surface area contributed by atoms with E-state index < -0.39 is 10.0 Å². The quantitative estimate of drug-likeness (QED) is 0.444. The van der Waals surface area contributed by atoms with Crippen LogP contribution in [0.4, 0.5) is 11.4 Å². The molecule has 0 saturated carbocycles. The zero-order valence-corrected chi connectivity index (χ0v) is 20.6. The maximum Gasteiger partial charge on any atom is 0.264 e. The van der Waals surface area contributed by atoms with Crippen LogP contribution in [0.1, 0.15) is 17.5 Å². The van der Waals surface area contributed by atoms with Crippen LogP contribution in [-0.4, -0.2) is 40.5 Å². The second-order valence-electron chi connectivity index (χ2n) is 8.37. The standard InChI is InChI=1S/C26H28ClN3O3S/c1-20-6-4-8-23(18-20)30(34(32,33)24-12-10-22(27)11-13-24)19-26(31)28-15-5-16-29-17-14-21-7-2-3-9-25(21)29/h2-4,6-13,18H,5,14-17,19H2,1H3,(H,28,31). The molecule has 3 aromatic rings. The van der Waals surface area contributed by atoms with Crippen molar-refractivity contribution < 1.29 is 13.2 Å². The van der Waals surface area contributed by atoms with Gasteiger partial charge in [0.1, 0.15) is 6.54 Å². The first-order valence-corrected chi connectivity index (χ1v) is 13.1. The summed E-state index contributed by atoms with van der Waals surface area (Å²) in [6.07, 6.45) is 1.81. The first-order chi connectivity index (χ1) is 16.3. The van der Waals surface area contributed by atoms with Crippen molar-refractivity contribution in [2.24, 2.45) is 0 Å². The molecule has 0 atom stereocenters. The van der Waals surface area contributed by atoms with Crippen molar-refractivity contribution in [3.63, 3.8) is 0 Å². The van der Waals surface area contributed by atoms with Gasteiger partial charge in [-0.2, -0.15) is 0 Å². The number of benzene rings is 3. The summed E-state index contributed by atoms with van der Waals surface area (Å²) in [5, 5.41) is 3.33. The predicted molar refractivity (Wildman–Crippen MR) is 137 cm³/mol. The van der Waals surface area contributed by atoms with Gasteiger partial charge in [-0.15, -0.1) is 0 Å². The van der Waals surface area contributed by atoms with Gasteiger partial charge in [0.25, 0.3) is 10.0 Å². The third-order valence-electron chi connectivity index (χ3n) is 5.89. The third-order valence-corrected chi connectivity index (χ3v) is 7.93. The molecule has 1 amide bonds. The fourth-order valence-electron chi connectivity index (χ4n) is 4.15. The SMILES string of the molecule is Cc1cccc(N(CC(=O)NCCCN2CCc3ccccc32)S(=O)(=O)c2ccc(Cl)cc2)c1. The van der Waals surface area contributed by atoms with E-state index in [0.29, 0.717) is 17.3 Å². The molecule has 1 aliphatic rings. The van der Waals surface area contributed by atoms with E-state index in [1.807, 2.05) is 19.1 Å². The Bertz CT molecular complexity index is 1260. The van der Waals surface area contributed by atoms with Crippen LogP contribution in [0, 0.1) is 6.92 Å². The Kier molecular flexibility index (Phi) is 7.44. The molecule has 0 aromatic heterocycles. The van der Waals surface area contributed by atoms with Gasteiger partial charge in [-0.05, 0) is 73.4 Å². The largest absolute Gasteiger partial charge is 0.371 e. The van der Waals surface area contributed by atoms with Crippen molar-refractivity contribution in [3.8, 4) is 0 Å². The molecule has 6 nitrogen and oxygen atoms in total. The number of nitrogens with zero attached hydrogens (tertiary/aromatic N) is 2. The number of hydrogen-bond donors (Lipinski definition) is 1. The molecule has 0 unspecified atom stereocenters. The summed E-state index contributed by atoms with van der Waals surface area (Å²) in [6.45, 7) is 3.87. The summed E-state index contributed by atoms with van der Waals surface area (Å²) in [5.74, 6) is -0.346. The van der Waals surface area contributed by atoms with E-state index in [-0.39, 0.29) is 17.3 Å². The number of fused-ring (bicyclic) bond motifs is 1. The van der Waals surface area contributed by atoms with Crippen LogP contribution in [-0.2, 0) is 21.2 Å². The Morgan fingerprint density at radius 1 is 1.06 bits per heavy atom. The number of aryl methyl sites for hydroxylation is 1. The van der Waals surface area contributed by atoms with Crippen LogP contribution < -0.4 is 14.5 Å². The molecule has 0 aliphatic carbocycles. The van der Waals surface area contributed by atoms with Gasteiger partial charge in [0.15, 0.2) is 0 Å². The molecule has 4 rings (SSSR count). The average Bonchev–Trinajstić information content (AvgIpc) is 3.23. The third kappa shape index (κ3) is 5.54. The van der Waals surface area contributed by atoms with Gasteiger partial charge >= 0.3 is 0 Å². The van der Waals surface area contributed by atoms with E-state index in [1.165, 1.54) is 35.5 Å². The van der Waals surface area contributed by atoms with Crippen LogP contribution in [0.3, 0.4) is 0 Å². The van der Waals surface area contributed by atoms with Crippen molar-refractivity contribution in [2.45, 2.75) is 24.7 Å². The number of nitrogens with one attached hydrogen (secondary N) is 1. The molecule has 0 saturated heterocycles. The maximum absolute atomic E-state index is 13.4. The minimum atomic E-state index is -3.95. The first kappa shape index (κ1) is 24.1. The van der Waals surface area contributed by atoms with E-state index in [4.69, 9.17) is 11.6 Å². The van der Waals surface area contributed by atoms with Gasteiger partial charge in [-0.1, -0.05) is 41.9 Å². The number of halogens is 1. The van der Waals surface area contributed by atoms with Crippen molar-refractivity contribution in [1.82, 2.24) is 5.32 Å². The summed E-state index contributed by atoms with van der Waals surface area (Å²) in [6, 6.07) is 21.4. The zero-order chi connectivity index (χ0) is 24.1. The lowest BCUT2D eigenvalue weighted by atomic mass is 10.2. The lowest BCUT2D eigenvalue weighted by Crippen LogP contribution is -2.41. The number of rotatable bonds is 9. The molecular weight excluding hydrogens is 470 g/mol. The zero-order valence-electron chi connectivity index (χ0n) is 19.1. The van der Waals surface area contributed by atoms with Crippen LogP contribution >= 0.6 is 11.6 Å². The lowest BCUT2D eigenvalue weighted by molar-refractivity contribution is -0.119. The number of carbonyl (C=O) groups excluding carboxylic acids is 1. The number of carbonyl (C=O) groups is 1. The van der Waals surface area contributed by atoms with E-state index >= 15 is 0 Å². The first-order valence-electron chi connectivity index (χ1n) is 11.3. The molecule has 0 radical (unpaired) electrons. The Morgan fingerprint density at radius 3 is 2.59 bits per heavy atom. The van der Waals surface area contributed by atoms with Crippen LogP contribution in [0.15, 0.2) is 77.7 Å². The van der Waals surface area contributed by atoms with E-state index in [0.717, 1.165) is 35.8 Å². The smallest absolute Gasteiger partial charge is 0.264 e. The highest BCUT2D eigenvalue weighted by Gasteiger charge is 2.27. The fourth-order valence-corrected chi connectivity index (χ4v) is 5.69. The maximum atomic E-state index is 13.4. The van der Waals surface area contributed by atoms with Crippen molar-refractivity contribution in [1.29, 1.82) is 0 Å². The lowest BCUT2D eigenvalue weighted by Gasteiger charge is -2.24. The van der Waals surface area contributed by atoms with Gasteiger partial charge in [-0.3, -0.25) is 9.10 Å². The number of hydrogen-bond acceptors (Lipinski definition) is 4. The van der Waals surface area contributed by atoms with Crippen molar-refractivity contribution in [3.05, 3.63) is 88.9 Å². The summed E-state index contributed by atoms with van der Waals surface area (Å²) >= 11 is 5.93. The highest BCUT2D eigenvalue weighted by atomic mass is 35.5. The van der Waals surface area contributed by atoms with Crippen LogP contribution in [0.2, 0.25) is 5.02 Å². The van der Waals surface area contributed by atoms with Gasteiger partial charge in [0.2, 0.25) is 5.91 Å². The van der Waals surface area contributed by atoms with Gasteiger partial charge in [-0.25, -0.2) is 8.42 Å². The molecule has 1 N–H and O–H groups in total. The Hall–Kier alpha value is -3.03. The Morgan fingerprint density at radius 2 is 1.82 bits per heavy atom. The molecule has 1 aliphatic heterocycles. The summed E-state index contributed by atoms with van der Waals surface area (Å²) < 4.78 is 28.0. The minimum absolute atomic E-state index is 0.0823. The molecule has 0 fully saturated rings. The molecule has 8 heteroatoms. The number of anilines is 2. The molecule has 34 heavy (non-hydrogen) atoms. The molecular formula is C26H28ClN3O3S. The molecule has 0 bridgehead atoms. The monoisotopic (exact) mass is 497 g/mol. The van der Waals surface area contributed by atoms with E-state index in [9.17, 15) is 13.2 Å². The van der Waals surface area contributed by atoms with Crippen molar-refractivity contribution in [2.75, 3.05) is 35.4 Å². The van der Waals surface area contributed by atoms with Crippen LogP contribution in [0.5, 0.6) is 0 Å². The predicted octanol–water partition coefficient (Wildman–Crippen LogP) is 4.41. The molecule has 3 aromatic carbocycles. The van der Waals surface area contributed by atoms with Gasteiger partial charge in [0.05, 0.1) is 10.6 Å². The second-order valence-corrected chi connectivity index (χ2v) is 10.7. The Labute approximate surface area is 206 Å². The van der Waals surface area contributed by atoms with Gasteiger partial charge in [0, 0.05) is 30.3 Å². The Balaban J connectivity index is 1.41. The molecule has 1 heterocycles. The number of amides is 1. The molecule has 0 spiro atoms. The minimum Gasteiger partial charge on any atom is -0.371 e. The average molecular weight is 498 g/mol. The van der Waals surface area contributed by atoms with Crippen molar-refractivity contribution >= 4 is 38.9 Å². The van der Waals surface area contributed by atoms with E-state index in [1.54, 1.807) is 18.2 Å². The number of sulfonamides is 1. The number of para-hydroxylation sites is 1. The summed E-state index contributed by atoms with van der Waals surface area (Å²) in [5.41, 5.74) is 3.96. The van der Waals surface area contributed by atoms with E-state index in [2.05, 4.69) is 28.4 Å². The second kappa shape index (κ2) is 10.5. The highest BCUT2D eigenvalue weighted by molar-refractivity contribution is 7.92. The fraction of sp³-hybridized carbons (Fsp3) is 0.269. The topological polar surface area (TPSA) is 69.7 Å². The summed E-state index contributed by atoms with van der Waals surface area (Å²) in [4.78, 5) is 15.2.